The van der Waals surface area contributed by atoms with Gasteiger partial charge >= 0.3 is 0 Å². The molecular weight excluding hydrogens is 290 g/mol. The summed E-state index contributed by atoms with van der Waals surface area (Å²) in [5.41, 5.74) is 3.87. The first-order valence-corrected chi connectivity index (χ1v) is 10.2. The van der Waals surface area contributed by atoms with E-state index in [1.54, 1.807) is 5.57 Å². The minimum absolute atomic E-state index is 0.299. The Morgan fingerprint density at radius 3 is 2.67 bits per heavy atom. The van der Waals surface area contributed by atoms with Crippen LogP contribution >= 0.6 is 0 Å². The van der Waals surface area contributed by atoms with Crippen molar-refractivity contribution in [1.82, 2.24) is 0 Å². The third-order valence-electron chi connectivity index (χ3n) is 7.93. The van der Waals surface area contributed by atoms with Crippen molar-refractivity contribution in [2.45, 2.75) is 79.6 Å². The van der Waals surface area contributed by atoms with E-state index in [0.29, 0.717) is 10.8 Å². The van der Waals surface area contributed by atoms with Crippen molar-refractivity contribution < 1.29 is 0 Å². The van der Waals surface area contributed by atoms with E-state index in [-0.39, 0.29) is 0 Å². The van der Waals surface area contributed by atoms with Gasteiger partial charge in [0.1, 0.15) is 0 Å². The predicted molar refractivity (Wildman–Crippen MR) is 101 cm³/mol. The average molecular weight is 326 g/mol. The van der Waals surface area contributed by atoms with Crippen LogP contribution in [0.25, 0.3) is 0 Å². The smallest absolute Gasteiger partial charge is 0.0911 e. The molecule has 0 bridgehead atoms. The molecule has 0 N–H and O–H groups in total. The van der Waals surface area contributed by atoms with Gasteiger partial charge in [-0.15, -0.1) is 0 Å². The number of nitrogens with zero attached hydrogens (tertiary/aromatic N) is 1. The first-order valence-electron chi connectivity index (χ1n) is 10.2. The Hall–Kier alpha value is -1.03. The lowest BCUT2D eigenvalue weighted by Gasteiger charge is -2.56. The summed E-state index contributed by atoms with van der Waals surface area (Å²) in [7, 11) is 0. The fraction of sp³-hybridized carbons (Fsp3) is 0.783. The molecule has 0 aliphatic heterocycles. The molecule has 3 unspecified atom stereocenters. The zero-order chi connectivity index (χ0) is 17.5. The van der Waals surface area contributed by atoms with Crippen LogP contribution in [0, 0.1) is 45.8 Å². The van der Waals surface area contributed by atoms with E-state index in [2.05, 4.69) is 46.8 Å². The number of hydrogen-bond acceptors (Lipinski definition) is 1. The molecule has 0 radical (unpaired) electrons. The van der Waals surface area contributed by atoms with Crippen molar-refractivity contribution >= 4 is 0 Å². The summed E-state index contributed by atoms with van der Waals surface area (Å²) < 4.78 is 0. The second-order valence-electron chi connectivity index (χ2n) is 9.50. The number of allylic oxidation sites excluding steroid dienone is 4. The molecule has 0 spiro atoms. The number of hydrogen-bond donors (Lipinski definition) is 0. The van der Waals surface area contributed by atoms with Gasteiger partial charge in [-0.25, -0.2) is 0 Å². The van der Waals surface area contributed by atoms with Gasteiger partial charge in [-0.3, -0.25) is 0 Å². The van der Waals surface area contributed by atoms with Gasteiger partial charge in [0, 0.05) is 6.08 Å². The highest BCUT2D eigenvalue weighted by Gasteiger charge is 2.56. The van der Waals surface area contributed by atoms with Crippen molar-refractivity contribution in [3.8, 4) is 6.07 Å². The predicted octanol–water partition coefficient (Wildman–Crippen LogP) is 6.67. The highest BCUT2D eigenvalue weighted by atomic mass is 14.6. The van der Waals surface area contributed by atoms with Crippen LogP contribution in [-0.2, 0) is 0 Å². The van der Waals surface area contributed by atoms with Crippen LogP contribution < -0.4 is 0 Å². The molecule has 2 saturated carbocycles. The maximum Gasteiger partial charge on any atom is 0.0911 e. The van der Waals surface area contributed by atoms with E-state index in [1.165, 1.54) is 44.1 Å². The van der Waals surface area contributed by atoms with E-state index >= 15 is 0 Å². The van der Waals surface area contributed by atoms with Crippen LogP contribution in [0.5, 0.6) is 0 Å². The molecule has 1 heteroatoms. The number of rotatable bonds is 3. The van der Waals surface area contributed by atoms with E-state index in [4.69, 9.17) is 0 Å². The van der Waals surface area contributed by atoms with Crippen LogP contribution in [0.15, 0.2) is 23.3 Å². The topological polar surface area (TPSA) is 23.8 Å². The minimum Gasteiger partial charge on any atom is -0.193 e. The Bertz CT molecular complexity index is 590. The van der Waals surface area contributed by atoms with Gasteiger partial charge in [0.25, 0.3) is 0 Å². The van der Waals surface area contributed by atoms with E-state index < -0.39 is 0 Å². The molecule has 0 aromatic carbocycles. The van der Waals surface area contributed by atoms with Crippen LogP contribution in [0.3, 0.4) is 0 Å². The molecule has 3 aliphatic carbocycles. The first-order chi connectivity index (χ1) is 11.4. The van der Waals surface area contributed by atoms with E-state index in [1.807, 2.05) is 6.08 Å². The van der Waals surface area contributed by atoms with Crippen molar-refractivity contribution in [3.05, 3.63) is 23.3 Å². The molecule has 132 valence electrons. The van der Waals surface area contributed by atoms with Crippen molar-refractivity contribution in [2.24, 2.45) is 34.5 Å². The first kappa shape index (κ1) is 17.8. The quantitative estimate of drug-likeness (QED) is 0.420. The normalized spacial score (nSPS) is 43.3. The highest BCUT2D eigenvalue weighted by Crippen LogP contribution is 2.65. The largest absolute Gasteiger partial charge is 0.193 e. The molecule has 0 aromatic heterocycles. The summed E-state index contributed by atoms with van der Waals surface area (Å²) in [5.74, 6) is 3.22. The zero-order valence-corrected chi connectivity index (χ0v) is 16.4. The Labute approximate surface area is 149 Å². The molecule has 24 heavy (non-hydrogen) atoms. The van der Waals surface area contributed by atoms with Gasteiger partial charge in [0.2, 0.25) is 0 Å². The lowest BCUT2D eigenvalue weighted by molar-refractivity contribution is -0.0124. The van der Waals surface area contributed by atoms with Gasteiger partial charge in [0.15, 0.2) is 0 Å². The second kappa shape index (κ2) is 6.36. The monoisotopic (exact) mass is 325 g/mol. The second-order valence-corrected chi connectivity index (χ2v) is 9.50. The number of nitriles is 1. The highest BCUT2D eigenvalue weighted by molar-refractivity contribution is 5.30. The van der Waals surface area contributed by atoms with Gasteiger partial charge < -0.3 is 0 Å². The van der Waals surface area contributed by atoms with Gasteiger partial charge in [-0.2, -0.15) is 5.26 Å². The van der Waals surface area contributed by atoms with Crippen molar-refractivity contribution in [2.75, 3.05) is 0 Å². The summed E-state index contributed by atoms with van der Waals surface area (Å²) in [6.07, 6.45) is 13.4. The summed E-state index contributed by atoms with van der Waals surface area (Å²) in [6, 6.07) is 2.32. The standard InChI is InChI=1S/C23H35N/c1-6-17-7-9-19-20-10-8-18(12-14-24)22(20,4)13-11-21(19)23(17,5)15-16(2)3/h7,12,16,19-21H,6,8-11,13,15H2,1-5H3/b18-12-/t19-,20?,21?,22+,23?/m0/s1. The van der Waals surface area contributed by atoms with Gasteiger partial charge in [-0.1, -0.05) is 51.8 Å². The molecule has 0 saturated heterocycles. The lowest BCUT2D eigenvalue weighted by Crippen LogP contribution is -2.48. The minimum atomic E-state index is 0.299. The third kappa shape index (κ3) is 2.58. The maximum absolute atomic E-state index is 9.18. The van der Waals surface area contributed by atoms with Crippen LogP contribution in [-0.4, -0.2) is 0 Å². The number of fused-ring (bicyclic) bond motifs is 3. The van der Waals surface area contributed by atoms with Gasteiger partial charge in [0.05, 0.1) is 6.07 Å². The maximum atomic E-state index is 9.18. The average Bonchev–Trinajstić information content (AvgIpc) is 2.84. The third-order valence-corrected chi connectivity index (χ3v) is 7.93. The summed E-state index contributed by atoms with van der Waals surface area (Å²) >= 11 is 0. The SMILES string of the molecule is CCC1=CC[C@@H]2C(CC[C@]3(C)/C(=C\C#N)CCC23)C1(C)CC(C)C. The Balaban J connectivity index is 1.96. The molecule has 0 amide bonds. The van der Waals surface area contributed by atoms with Gasteiger partial charge in [-0.05, 0) is 79.4 Å². The Morgan fingerprint density at radius 1 is 1.29 bits per heavy atom. The molecule has 0 aromatic rings. The molecule has 0 heterocycles. The summed E-state index contributed by atoms with van der Waals surface area (Å²) in [5, 5.41) is 9.18. The molecule has 2 fully saturated rings. The van der Waals surface area contributed by atoms with Crippen molar-refractivity contribution in [1.29, 1.82) is 5.26 Å². The molecule has 3 aliphatic rings. The molecule has 3 rings (SSSR count). The van der Waals surface area contributed by atoms with Crippen LogP contribution in [0.1, 0.15) is 79.6 Å². The molecule has 1 nitrogen and oxygen atoms in total. The lowest BCUT2D eigenvalue weighted by atomic mass is 9.48. The van der Waals surface area contributed by atoms with E-state index in [0.717, 1.165) is 30.1 Å². The van der Waals surface area contributed by atoms with Crippen LogP contribution in [0.4, 0.5) is 0 Å². The molecular formula is C23H35N. The van der Waals surface area contributed by atoms with E-state index in [9.17, 15) is 5.26 Å². The summed E-state index contributed by atoms with van der Waals surface area (Å²) in [6.45, 7) is 12.2. The Kier molecular flexibility index (Phi) is 4.71. The zero-order valence-electron chi connectivity index (χ0n) is 16.4. The fourth-order valence-corrected chi connectivity index (χ4v) is 7.00. The van der Waals surface area contributed by atoms with Crippen molar-refractivity contribution in [3.63, 3.8) is 0 Å². The summed E-state index contributed by atoms with van der Waals surface area (Å²) in [4.78, 5) is 0. The van der Waals surface area contributed by atoms with Crippen LogP contribution in [0.2, 0.25) is 0 Å². The molecule has 5 atom stereocenters. The Morgan fingerprint density at radius 2 is 2.04 bits per heavy atom. The fourth-order valence-electron chi connectivity index (χ4n) is 7.00.